The second kappa shape index (κ2) is 4.36. The van der Waals surface area contributed by atoms with Gasteiger partial charge in [0.1, 0.15) is 5.75 Å². The number of ether oxygens (including phenoxy) is 1. The summed E-state index contributed by atoms with van der Waals surface area (Å²) in [5, 5.41) is 4.24. The first-order valence-electron chi connectivity index (χ1n) is 5.24. The Hall–Kier alpha value is -1.98. The van der Waals surface area contributed by atoms with Gasteiger partial charge in [0.25, 0.3) is 0 Å². The van der Waals surface area contributed by atoms with Crippen LogP contribution in [-0.4, -0.2) is 16.1 Å². The van der Waals surface area contributed by atoms with Crippen molar-refractivity contribution in [1.82, 2.24) is 9.78 Å². The first-order valence-corrected chi connectivity index (χ1v) is 5.24. The largest absolute Gasteiger partial charge is 0.573 e. The van der Waals surface area contributed by atoms with E-state index in [0.717, 1.165) is 11.4 Å². The molecule has 0 aliphatic heterocycles. The van der Waals surface area contributed by atoms with Crippen LogP contribution in [0.1, 0.15) is 11.4 Å². The lowest BCUT2D eigenvalue weighted by molar-refractivity contribution is -0.274. The molecular weight excluding hydrogens is 245 g/mol. The monoisotopic (exact) mass is 256 g/mol. The zero-order valence-electron chi connectivity index (χ0n) is 9.82. The van der Waals surface area contributed by atoms with Gasteiger partial charge in [0.15, 0.2) is 0 Å². The number of alkyl halides is 3. The van der Waals surface area contributed by atoms with Crippen LogP contribution in [0.2, 0.25) is 0 Å². The molecule has 0 radical (unpaired) electrons. The minimum absolute atomic E-state index is 0.243. The molecule has 96 valence electrons. The van der Waals surface area contributed by atoms with Crippen LogP contribution in [0.4, 0.5) is 13.2 Å². The van der Waals surface area contributed by atoms with Crippen LogP contribution >= 0.6 is 0 Å². The third-order valence-electron chi connectivity index (χ3n) is 2.32. The highest BCUT2D eigenvalue weighted by molar-refractivity contribution is 5.38. The van der Waals surface area contributed by atoms with Gasteiger partial charge in [-0.3, -0.25) is 0 Å². The predicted molar refractivity (Wildman–Crippen MR) is 59.7 cm³/mol. The molecule has 0 N–H and O–H groups in total. The van der Waals surface area contributed by atoms with Gasteiger partial charge in [-0.2, -0.15) is 5.10 Å². The topological polar surface area (TPSA) is 27.1 Å². The third kappa shape index (κ3) is 2.82. The Balaban J connectivity index is 2.25. The number of aryl methyl sites for hydroxylation is 2. The fourth-order valence-electron chi connectivity index (χ4n) is 1.68. The van der Waals surface area contributed by atoms with Gasteiger partial charge in [-0.25, -0.2) is 4.68 Å². The summed E-state index contributed by atoms with van der Waals surface area (Å²) in [6, 6.07) is 7.47. The van der Waals surface area contributed by atoms with E-state index in [1.807, 2.05) is 19.9 Å². The molecule has 0 saturated heterocycles. The summed E-state index contributed by atoms with van der Waals surface area (Å²) < 4.78 is 41.4. The highest BCUT2D eigenvalue weighted by atomic mass is 19.4. The summed E-state index contributed by atoms with van der Waals surface area (Å²) in [5.41, 5.74) is 2.45. The molecule has 0 spiro atoms. The Labute approximate surface area is 102 Å². The summed E-state index contributed by atoms with van der Waals surface area (Å²) in [4.78, 5) is 0. The second-order valence-electron chi connectivity index (χ2n) is 3.88. The van der Waals surface area contributed by atoms with Gasteiger partial charge >= 0.3 is 6.36 Å². The van der Waals surface area contributed by atoms with Crippen LogP contribution in [0.15, 0.2) is 30.3 Å². The average molecular weight is 256 g/mol. The minimum atomic E-state index is -4.67. The van der Waals surface area contributed by atoms with Crippen molar-refractivity contribution in [3.8, 4) is 11.4 Å². The Kier molecular flexibility index (Phi) is 3.02. The van der Waals surface area contributed by atoms with E-state index in [1.165, 1.54) is 24.3 Å². The van der Waals surface area contributed by atoms with Crippen molar-refractivity contribution in [3.63, 3.8) is 0 Å². The molecule has 1 aromatic heterocycles. The van der Waals surface area contributed by atoms with Crippen LogP contribution in [-0.2, 0) is 0 Å². The zero-order chi connectivity index (χ0) is 13.3. The molecule has 18 heavy (non-hydrogen) atoms. The van der Waals surface area contributed by atoms with Gasteiger partial charge in [-0.1, -0.05) is 0 Å². The summed E-state index contributed by atoms with van der Waals surface area (Å²) in [5.74, 6) is -0.243. The average Bonchev–Trinajstić information content (AvgIpc) is 2.57. The van der Waals surface area contributed by atoms with E-state index >= 15 is 0 Å². The molecule has 0 unspecified atom stereocenters. The summed E-state index contributed by atoms with van der Waals surface area (Å²) in [6.07, 6.45) is -4.67. The quantitative estimate of drug-likeness (QED) is 0.823. The molecule has 0 aliphatic rings. The Morgan fingerprint density at radius 3 is 2.17 bits per heavy atom. The Morgan fingerprint density at radius 1 is 1.11 bits per heavy atom. The van der Waals surface area contributed by atoms with Gasteiger partial charge in [-0.05, 0) is 44.2 Å². The molecule has 0 saturated carbocycles. The van der Waals surface area contributed by atoms with E-state index in [4.69, 9.17) is 0 Å². The fraction of sp³-hybridized carbons (Fsp3) is 0.250. The van der Waals surface area contributed by atoms with E-state index in [0.29, 0.717) is 5.69 Å². The number of aromatic nitrogens is 2. The van der Waals surface area contributed by atoms with E-state index in [1.54, 1.807) is 4.68 Å². The van der Waals surface area contributed by atoms with E-state index < -0.39 is 6.36 Å². The number of benzene rings is 1. The molecule has 6 heteroatoms. The van der Waals surface area contributed by atoms with Gasteiger partial charge in [0.2, 0.25) is 0 Å². The molecule has 0 amide bonds. The van der Waals surface area contributed by atoms with Crippen LogP contribution in [0, 0.1) is 13.8 Å². The van der Waals surface area contributed by atoms with Crippen molar-refractivity contribution in [2.75, 3.05) is 0 Å². The predicted octanol–water partition coefficient (Wildman–Crippen LogP) is 3.39. The lowest BCUT2D eigenvalue weighted by Crippen LogP contribution is -2.17. The summed E-state index contributed by atoms with van der Waals surface area (Å²) >= 11 is 0. The van der Waals surface area contributed by atoms with Crippen molar-refractivity contribution < 1.29 is 17.9 Å². The Morgan fingerprint density at radius 2 is 1.72 bits per heavy atom. The van der Waals surface area contributed by atoms with E-state index in [9.17, 15) is 13.2 Å². The molecule has 0 fully saturated rings. The second-order valence-corrected chi connectivity index (χ2v) is 3.88. The summed E-state index contributed by atoms with van der Waals surface area (Å²) in [6.45, 7) is 3.73. The molecule has 3 nitrogen and oxygen atoms in total. The standard InChI is InChI=1S/C12H11F3N2O/c1-8-7-9(2)17(16-8)10-3-5-11(6-4-10)18-12(13,14)15/h3-7H,1-2H3. The lowest BCUT2D eigenvalue weighted by Gasteiger charge is -2.09. The molecular formula is C12H11F3N2O. The SMILES string of the molecule is Cc1cc(C)n(-c2ccc(OC(F)(F)F)cc2)n1. The first-order chi connectivity index (χ1) is 8.35. The molecule has 2 aromatic rings. The van der Waals surface area contributed by atoms with Crippen molar-refractivity contribution in [2.24, 2.45) is 0 Å². The van der Waals surface area contributed by atoms with Gasteiger partial charge in [0.05, 0.1) is 11.4 Å². The smallest absolute Gasteiger partial charge is 0.406 e. The maximum absolute atomic E-state index is 12.0. The van der Waals surface area contributed by atoms with Crippen LogP contribution in [0.5, 0.6) is 5.75 Å². The van der Waals surface area contributed by atoms with Gasteiger partial charge in [-0.15, -0.1) is 13.2 Å². The maximum Gasteiger partial charge on any atom is 0.573 e. The molecule has 1 heterocycles. The number of nitrogens with zero attached hydrogens (tertiary/aromatic N) is 2. The zero-order valence-corrected chi connectivity index (χ0v) is 9.82. The molecule has 0 bridgehead atoms. The summed E-state index contributed by atoms with van der Waals surface area (Å²) in [7, 11) is 0. The molecule has 1 aromatic carbocycles. The van der Waals surface area contributed by atoms with Crippen LogP contribution in [0.3, 0.4) is 0 Å². The number of hydrogen-bond acceptors (Lipinski definition) is 2. The molecule has 0 aliphatic carbocycles. The number of rotatable bonds is 2. The van der Waals surface area contributed by atoms with Crippen molar-refractivity contribution in [1.29, 1.82) is 0 Å². The first kappa shape index (κ1) is 12.5. The Bertz CT molecular complexity index is 543. The lowest BCUT2D eigenvalue weighted by atomic mass is 10.3. The van der Waals surface area contributed by atoms with Gasteiger partial charge in [0, 0.05) is 5.69 Å². The fourth-order valence-corrected chi connectivity index (χ4v) is 1.68. The minimum Gasteiger partial charge on any atom is -0.406 e. The van der Waals surface area contributed by atoms with E-state index in [2.05, 4.69) is 9.84 Å². The molecule has 0 atom stereocenters. The van der Waals surface area contributed by atoms with E-state index in [-0.39, 0.29) is 5.75 Å². The van der Waals surface area contributed by atoms with Crippen molar-refractivity contribution in [2.45, 2.75) is 20.2 Å². The van der Waals surface area contributed by atoms with Crippen molar-refractivity contribution in [3.05, 3.63) is 41.7 Å². The normalized spacial score (nSPS) is 11.6. The maximum atomic E-state index is 12.0. The third-order valence-corrected chi connectivity index (χ3v) is 2.32. The highest BCUT2D eigenvalue weighted by Gasteiger charge is 2.30. The molecule has 2 rings (SSSR count). The van der Waals surface area contributed by atoms with Gasteiger partial charge < -0.3 is 4.74 Å². The van der Waals surface area contributed by atoms with Crippen LogP contribution in [0.25, 0.3) is 5.69 Å². The van der Waals surface area contributed by atoms with Crippen LogP contribution < -0.4 is 4.74 Å². The number of halogens is 3. The highest BCUT2D eigenvalue weighted by Crippen LogP contribution is 2.23. The number of hydrogen-bond donors (Lipinski definition) is 0. The van der Waals surface area contributed by atoms with Crippen molar-refractivity contribution >= 4 is 0 Å².